The molecule has 2 fully saturated rings. The molecule has 1 aromatic heterocycles. The number of ether oxygens (including phenoxy) is 2. The lowest BCUT2D eigenvalue weighted by molar-refractivity contribution is -0.0543. The van der Waals surface area contributed by atoms with Crippen LogP contribution in [0.1, 0.15) is 31.1 Å². The van der Waals surface area contributed by atoms with Gasteiger partial charge in [-0.25, -0.2) is 0 Å². The second kappa shape index (κ2) is 5.92. The van der Waals surface area contributed by atoms with Crippen LogP contribution in [-0.4, -0.2) is 42.9 Å². The van der Waals surface area contributed by atoms with E-state index < -0.39 is 0 Å². The molecule has 1 aromatic rings. The molecule has 0 aliphatic carbocycles. The highest BCUT2D eigenvalue weighted by Crippen LogP contribution is 2.36. The third-order valence-corrected chi connectivity index (χ3v) is 5.02. The van der Waals surface area contributed by atoms with E-state index >= 15 is 0 Å². The summed E-state index contributed by atoms with van der Waals surface area (Å²) in [7, 11) is 0. The van der Waals surface area contributed by atoms with E-state index in [1.165, 1.54) is 24.3 Å². The van der Waals surface area contributed by atoms with Crippen molar-refractivity contribution >= 4 is 11.3 Å². The van der Waals surface area contributed by atoms with Gasteiger partial charge in [0.1, 0.15) is 0 Å². The van der Waals surface area contributed by atoms with E-state index in [4.69, 9.17) is 9.47 Å². The highest BCUT2D eigenvalue weighted by molar-refractivity contribution is 7.09. The Morgan fingerprint density at radius 1 is 1.58 bits per heavy atom. The summed E-state index contributed by atoms with van der Waals surface area (Å²) >= 11 is 1.85. The molecule has 2 aliphatic rings. The topological polar surface area (TPSA) is 21.7 Å². The lowest BCUT2D eigenvalue weighted by Gasteiger charge is -2.39. The summed E-state index contributed by atoms with van der Waals surface area (Å²) in [6.07, 6.45) is 3.82. The molecule has 1 spiro atoms. The van der Waals surface area contributed by atoms with Gasteiger partial charge in [-0.05, 0) is 37.8 Å². The van der Waals surface area contributed by atoms with Crippen molar-refractivity contribution < 1.29 is 9.47 Å². The normalized spacial score (nSPS) is 32.2. The summed E-state index contributed by atoms with van der Waals surface area (Å²) in [6, 6.07) is 4.36. The quantitative estimate of drug-likeness (QED) is 0.847. The molecule has 0 N–H and O–H groups in total. The van der Waals surface area contributed by atoms with Crippen LogP contribution in [-0.2, 0) is 16.0 Å². The van der Waals surface area contributed by atoms with Crippen molar-refractivity contribution in [2.75, 3.05) is 26.3 Å². The first-order valence-corrected chi connectivity index (χ1v) is 8.18. The number of hydrogen-bond acceptors (Lipinski definition) is 4. The highest BCUT2D eigenvalue weighted by atomic mass is 32.1. The SMILES string of the molecule is CCO[C@H]1CO[C@@]2(CCCN(Cc3cccs3)C2)C1. The minimum atomic E-state index is 0.0648. The minimum absolute atomic E-state index is 0.0648. The fourth-order valence-electron chi connectivity index (χ4n) is 3.38. The molecule has 106 valence electrons. The van der Waals surface area contributed by atoms with Gasteiger partial charge in [-0.3, -0.25) is 4.90 Å². The van der Waals surface area contributed by atoms with E-state index in [9.17, 15) is 0 Å². The fraction of sp³-hybridized carbons (Fsp3) is 0.733. The molecule has 2 saturated heterocycles. The Hall–Kier alpha value is -0.420. The summed E-state index contributed by atoms with van der Waals surface area (Å²) in [5.41, 5.74) is 0.0648. The third-order valence-electron chi connectivity index (χ3n) is 4.16. The van der Waals surface area contributed by atoms with Gasteiger partial charge in [-0.1, -0.05) is 6.07 Å². The van der Waals surface area contributed by atoms with Crippen molar-refractivity contribution in [3.8, 4) is 0 Å². The van der Waals surface area contributed by atoms with Crippen LogP contribution in [0, 0.1) is 0 Å². The molecular formula is C15H23NO2S. The monoisotopic (exact) mass is 281 g/mol. The van der Waals surface area contributed by atoms with Gasteiger partial charge >= 0.3 is 0 Å². The summed E-state index contributed by atoms with van der Waals surface area (Å²) in [5.74, 6) is 0. The molecule has 0 bridgehead atoms. The Morgan fingerprint density at radius 3 is 3.32 bits per heavy atom. The molecular weight excluding hydrogens is 258 g/mol. The van der Waals surface area contributed by atoms with E-state index in [1.54, 1.807) is 0 Å². The van der Waals surface area contributed by atoms with Gasteiger partial charge in [0.15, 0.2) is 0 Å². The van der Waals surface area contributed by atoms with Gasteiger partial charge in [0.25, 0.3) is 0 Å². The molecule has 3 rings (SSSR count). The van der Waals surface area contributed by atoms with Crippen LogP contribution in [0.2, 0.25) is 0 Å². The number of nitrogens with zero attached hydrogens (tertiary/aromatic N) is 1. The van der Waals surface area contributed by atoms with Crippen molar-refractivity contribution in [3.63, 3.8) is 0 Å². The molecule has 2 aliphatic heterocycles. The van der Waals surface area contributed by atoms with Crippen molar-refractivity contribution in [2.45, 2.75) is 44.4 Å². The van der Waals surface area contributed by atoms with Gasteiger partial charge in [0.2, 0.25) is 0 Å². The molecule has 3 heterocycles. The Morgan fingerprint density at radius 2 is 2.53 bits per heavy atom. The van der Waals surface area contributed by atoms with Crippen molar-refractivity contribution in [1.29, 1.82) is 0 Å². The van der Waals surface area contributed by atoms with Crippen molar-refractivity contribution in [2.24, 2.45) is 0 Å². The van der Waals surface area contributed by atoms with Gasteiger partial charge in [0, 0.05) is 31.0 Å². The van der Waals surface area contributed by atoms with Gasteiger partial charge in [-0.15, -0.1) is 11.3 Å². The first-order chi connectivity index (χ1) is 9.30. The highest BCUT2D eigenvalue weighted by Gasteiger charge is 2.43. The first kappa shape index (κ1) is 13.6. The Kier molecular flexibility index (Phi) is 4.22. The lowest BCUT2D eigenvalue weighted by atomic mass is 9.89. The smallest absolute Gasteiger partial charge is 0.0836 e. The standard InChI is InChI=1S/C15H23NO2S/c1-2-17-13-9-15(18-11-13)6-4-7-16(12-15)10-14-5-3-8-19-14/h3,5,8,13H,2,4,6-7,9-12H2,1H3/t13-,15+/m1/s1. The van der Waals surface area contributed by atoms with Crippen LogP contribution in [0.3, 0.4) is 0 Å². The zero-order valence-corrected chi connectivity index (χ0v) is 12.5. The third kappa shape index (κ3) is 3.19. The van der Waals surface area contributed by atoms with E-state index in [2.05, 4.69) is 29.3 Å². The molecule has 0 saturated carbocycles. The van der Waals surface area contributed by atoms with Crippen molar-refractivity contribution in [3.05, 3.63) is 22.4 Å². The van der Waals surface area contributed by atoms with E-state index in [-0.39, 0.29) is 5.60 Å². The summed E-state index contributed by atoms with van der Waals surface area (Å²) < 4.78 is 11.9. The Balaban J connectivity index is 1.59. The van der Waals surface area contributed by atoms with E-state index in [1.807, 2.05) is 11.3 Å². The van der Waals surface area contributed by atoms with Crippen LogP contribution in [0.5, 0.6) is 0 Å². The maximum Gasteiger partial charge on any atom is 0.0836 e. The van der Waals surface area contributed by atoms with Crippen molar-refractivity contribution in [1.82, 2.24) is 4.90 Å². The summed E-state index contributed by atoms with van der Waals surface area (Å²) in [5, 5.41) is 2.16. The van der Waals surface area contributed by atoms with Gasteiger partial charge < -0.3 is 9.47 Å². The van der Waals surface area contributed by atoms with E-state index in [0.29, 0.717) is 6.10 Å². The number of likely N-dealkylation sites (tertiary alicyclic amines) is 1. The first-order valence-electron chi connectivity index (χ1n) is 7.30. The number of thiophene rings is 1. The fourth-order valence-corrected chi connectivity index (χ4v) is 4.12. The van der Waals surface area contributed by atoms with Gasteiger partial charge in [0.05, 0.1) is 18.3 Å². The summed E-state index contributed by atoms with van der Waals surface area (Å²) in [4.78, 5) is 4.00. The minimum Gasteiger partial charge on any atom is -0.376 e. The Labute approximate surface area is 119 Å². The van der Waals surface area contributed by atoms with Gasteiger partial charge in [-0.2, -0.15) is 0 Å². The van der Waals surface area contributed by atoms with Crippen LogP contribution in [0.25, 0.3) is 0 Å². The molecule has 19 heavy (non-hydrogen) atoms. The second-order valence-electron chi connectivity index (χ2n) is 5.67. The zero-order valence-electron chi connectivity index (χ0n) is 11.6. The zero-order chi connectivity index (χ0) is 13.1. The molecule has 2 atom stereocenters. The van der Waals surface area contributed by atoms with Crippen LogP contribution in [0.4, 0.5) is 0 Å². The average molecular weight is 281 g/mol. The van der Waals surface area contributed by atoms with Crippen LogP contribution < -0.4 is 0 Å². The molecule has 3 nitrogen and oxygen atoms in total. The Bertz CT molecular complexity index is 395. The molecule has 0 aromatic carbocycles. The molecule has 4 heteroatoms. The number of hydrogen-bond donors (Lipinski definition) is 0. The largest absolute Gasteiger partial charge is 0.376 e. The number of rotatable bonds is 4. The molecule has 0 unspecified atom stereocenters. The summed E-state index contributed by atoms with van der Waals surface area (Å²) in [6.45, 7) is 6.97. The maximum absolute atomic E-state index is 6.13. The number of piperidine rings is 1. The molecule has 0 amide bonds. The van der Waals surface area contributed by atoms with Crippen LogP contribution >= 0.6 is 11.3 Å². The van der Waals surface area contributed by atoms with E-state index in [0.717, 1.165) is 32.7 Å². The lowest BCUT2D eigenvalue weighted by Crippen LogP contribution is -2.47. The van der Waals surface area contributed by atoms with Crippen LogP contribution in [0.15, 0.2) is 17.5 Å². The predicted molar refractivity (Wildman–Crippen MR) is 77.5 cm³/mol. The molecule has 0 radical (unpaired) electrons. The second-order valence-corrected chi connectivity index (χ2v) is 6.70. The average Bonchev–Trinajstić information content (AvgIpc) is 3.01. The maximum atomic E-state index is 6.13. The predicted octanol–water partition coefficient (Wildman–Crippen LogP) is 2.91.